The number of hydrogen-bond donors (Lipinski definition) is 0. The molecule has 3 aromatic rings. The van der Waals surface area contributed by atoms with Crippen LogP contribution in [0.3, 0.4) is 0 Å². The standard InChI is InChI=1S/C27H31N2/c1-4-27(5-2)16-20-8-6-7-9-21(20)26-17(3)28-24-14-22-18-10-12-19(13-11-18)23(22)15-25(24)29(26)27/h6-9,14-15,18-19H,4-5,10-13,16H2,1-3H3/q+1. The highest BCUT2D eigenvalue weighted by atomic mass is 15.1. The molecule has 2 bridgehead atoms. The van der Waals surface area contributed by atoms with Gasteiger partial charge >= 0.3 is 0 Å². The van der Waals surface area contributed by atoms with Crippen molar-refractivity contribution in [3.05, 3.63) is 58.8 Å². The summed E-state index contributed by atoms with van der Waals surface area (Å²) < 4.78 is 2.72. The molecule has 0 spiro atoms. The van der Waals surface area contributed by atoms with Crippen LogP contribution in [0, 0.1) is 6.92 Å². The first kappa shape index (κ1) is 17.6. The molecule has 148 valence electrons. The van der Waals surface area contributed by atoms with E-state index in [9.17, 15) is 0 Å². The van der Waals surface area contributed by atoms with Gasteiger partial charge in [-0.15, -0.1) is 0 Å². The molecule has 2 heterocycles. The lowest BCUT2D eigenvalue weighted by atomic mass is 9.67. The minimum Gasteiger partial charge on any atom is -0.240 e. The van der Waals surface area contributed by atoms with E-state index in [0.717, 1.165) is 31.1 Å². The molecule has 0 saturated heterocycles. The maximum atomic E-state index is 5.19. The Labute approximate surface area is 174 Å². The van der Waals surface area contributed by atoms with Crippen LogP contribution in [0.25, 0.3) is 22.3 Å². The third-order valence-electron chi connectivity index (χ3n) is 8.46. The molecule has 0 atom stereocenters. The average molecular weight is 384 g/mol. The third-order valence-corrected chi connectivity index (χ3v) is 8.46. The van der Waals surface area contributed by atoms with Crippen molar-refractivity contribution in [2.24, 2.45) is 0 Å². The molecule has 1 aliphatic heterocycles. The zero-order chi connectivity index (χ0) is 19.8. The Morgan fingerprint density at radius 3 is 2.31 bits per heavy atom. The number of fused-ring (bicyclic) bond motifs is 7. The van der Waals surface area contributed by atoms with Gasteiger partial charge in [0.15, 0.2) is 5.54 Å². The average Bonchev–Trinajstić information content (AvgIpc) is 2.78. The van der Waals surface area contributed by atoms with Crippen molar-refractivity contribution in [2.45, 2.75) is 83.1 Å². The van der Waals surface area contributed by atoms with Crippen molar-refractivity contribution in [2.75, 3.05) is 0 Å². The fourth-order valence-electron chi connectivity index (χ4n) is 6.78. The SMILES string of the molecule is CCC1(CC)Cc2ccccc2-c2c(C)nc3cc4c(cc3[n+]21)C1CCC4CC1. The van der Waals surface area contributed by atoms with Gasteiger partial charge in [0.1, 0.15) is 11.2 Å². The van der Waals surface area contributed by atoms with Gasteiger partial charge in [-0.05, 0) is 73.3 Å². The Bertz CT molecular complexity index is 1130. The second-order valence-corrected chi connectivity index (χ2v) is 9.66. The second-order valence-electron chi connectivity index (χ2n) is 9.66. The van der Waals surface area contributed by atoms with Crippen molar-refractivity contribution in [3.63, 3.8) is 0 Å². The highest BCUT2D eigenvalue weighted by Crippen LogP contribution is 2.50. The van der Waals surface area contributed by atoms with Gasteiger partial charge in [-0.25, -0.2) is 4.98 Å². The predicted octanol–water partition coefficient (Wildman–Crippen LogP) is 6.32. The molecule has 29 heavy (non-hydrogen) atoms. The summed E-state index contributed by atoms with van der Waals surface area (Å²) in [6.45, 7) is 6.96. The van der Waals surface area contributed by atoms with Crippen molar-refractivity contribution in [1.29, 1.82) is 0 Å². The summed E-state index contributed by atoms with van der Waals surface area (Å²) in [6.07, 6.45) is 8.93. The van der Waals surface area contributed by atoms with Crippen LogP contribution in [-0.2, 0) is 12.0 Å². The van der Waals surface area contributed by atoms with Crippen molar-refractivity contribution >= 4 is 11.0 Å². The summed E-state index contributed by atoms with van der Waals surface area (Å²) in [6, 6.07) is 14.0. The van der Waals surface area contributed by atoms with Crippen LogP contribution in [0.15, 0.2) is 36.4 Å². The zero-order valence-electron chi connectivity index (χ0n) is 18.0. The normalized spacial score (nSPS) is 23.6. The van der Waals surface area contributed by atoms with Crippen molar-refractivity contribution in [3.8, 4) is 11.3 Å². The van der Waals surface area contributed by atoms with Crippen LogP contribution in [0.1, 0.15) is 86.6 Å². The minimum atomic E-state index is 0.136. The number of benzene rings is 2. The second kappa shape index (κ2) is 6.14. The van der Waals surface area contributed by atoms with E-state index in [1.807, 2.05) is 0 Å². The Kier molecular flexibility index (Phi) is 3.73. The number of aryl methyl sites for hydroxylation is 1. The lowest BCUT2D eigenvalue weighted by molar-refractivity contribution is -0.736. The number of nitrogens with zero attached hydrogens (tertiary/aromatic N) is 2. The molecule has 0 amide bonds. The van der Waals surface area contributed by atoms with Crippen molar-refractivity contribution < 1.29 is 4.57 Å². The van der Waals surface area contributed by atoms with E-state index in [-0.39, 0.29) is 5.54 Å². The summed E-state index contributed by atoms with van der Waals surface area (Å²) in [4.78, 5) is 5.19. The Morgan fingerprint density at radius 2 is 1.62 bits per heavy atom. The predicted molar refractivity (Wildman–Crippen MR) is 118 cm³/mol. The van der Waals surface area contributed by atoms with E-state index < -0.39 is 0 Å². The van der Waals surface area contributed by atoms with E-state index in [2.05, 4.69) is 61.7 Å². The summed E-state index contributed by atoms with van der Waals surface area (Å²) in [5, 5.41) is 0. The van der Waals surface area contributed by atoms with Gasteiger partial charge < -0.3 is 0 Å². The molecule has 2 nitrogen and oxygen atoms in total. The lowest BCUT2D eigenvalue weighted by Gasteiger charge is -2.39. The van der Waals surface area contributed by atoms with E-state index in [0.29, 0.717) is 0 Å². The van der Waals surface area contributed by atoms with Crippen LogP contribution >= 0.6 is 0 Å². The Morgan fingerprint density at radius 1 is 0.966 bits per heavy atom. The zero-order valence-corrected chi connectivity index (χ0v) is 18.0. The van der Waals surface area contributed by atoms with Gasteiger partial charge in [-0.2, -0.15) is 4.57 Å². The molecule has 7 rings (SSSR count). The molecule has 0 unspecified atom stereocenters. The fraction of sp³-hybridized carbons (Fsp3) is 0.481. The third kappa shape index (κ3) is 2.29. The van der Waals surface area contributed by atoms with Gasteiger partial charge in [0, 0.05) is 25.3 Å². The molecule has 2 heteroatoms. The van der Waals surface area contributed by atoms with Gasteiger partial charge in [0.2, 0.25) is 11.2 Å². The molecular formula is C27H31N2+. The summed E-state index contributed by atoms with van der Waals surface area (Å²) in [5.74, 6) is 1.54. The largest absolute Gasteiger partial charge is 0.240 e. The minimum absolute atomic E-state index is 0.136. The topological polar surface area (TPSA) is 16.8 Å². The molecule has 0 radical (unpaired) electrons. The summed E-state index contributed by atoms with van der Waals surface area (Å²) >= 11 is 0. The summed E-state index contributed by atoms with van der Waals surface area (Å²) in [5.41, 5.74) is 11.4. The Hall–Kier alpha value is -2.22. The molecule has 1 saturated carbocycles. The first-order valence-corrected chi connectivity index (χ1v) is 11.6. The maximum absolute atomic E-state index is 5.19. The van der Waals surface area contributed by atoms with Gasteiger partial charge in [0.05, 0.1) is 5.56 Å². The monoisotopic (exact) mass is 383 g/mol. The first-order chi connectivity index (χ1) is 14.1. The molecular weight excluding hydrogens is 352 g/mol. The van der Waals surface area contributed by atoms with E-state index >= 15 is 0 Å². The summed E-state index contributed by atoms with van der Waals surface area (Å²) in [7, 11) is 0. The molecule has 2 aromatic carbocycles. The van der Waals surface area contributed by atoms with E-state index in [1.54, 1.807) is 11.1 Å². The van der Waals surface area contributed by atoms with Crippen molar-refractivity contribution in [1.82, 2.24) is 4.98 Å². The highest BCUT2D eigenvalue weighted by molar-refractivity contribution is 5.78. The Balaban J connectivity index is 1.74. The fourth-order valence-corrected chi connectivity index (χ4v) is 6.78. The van der Waals surface area contributed by atoms with E-state index in [1.165, 1.54) is 59.2 Å². The van der Waals surface area contributed by atoms with Crippen LogP contribution in [0.4, 0.5) is 0 Å². The van der Waals surface area contributed by atoms with Crippen LogP contribution in [0.5, 0.6) is 0 Å². The van der Waals surface area contributed by atoms with Gasteiger partial charge in [-0.1, -0.05) is 32.0 Å². The van der Waals surface area contributed by atoms with Crippen LogP contribution in [0.2, 0.25) is 0 Å². The van der Waals surface area contributed by atoms with Gasteiger partial charge in [-0.3, -0.25) is 0 Å². The molecule has 1 aromatic heterocycles. The van der Waals surface area contributed by atoms with Crippen LogP contribution in [-0.4, -0.2) is 4.98 Å². The maximum Gasteiger partial charge on any atom is 0.235 e. The smallest absolute Gasteiger partial charge is 0.235 e. The highest BCUT2D eigenvalue weighted by Gasteiger charge is 2.46. The quantitative estimate of drug-likeness (QED) is 0.473. The van der Waals surface area contributed by atoms with Crippen LogP contribution < -0.4 is 4.57 Å². The number of hydrogen-bond acceptors (Lipinski definition) is 1. The number of rotatable bonds is 2. The molecule has 0 N–H and O–H groups in total. The first-order valence-electron chi connectivity index (χ1n) is 11.6. The van der Waals surface area contributed by atoms with E-state index in [4.69, 9.17) is 4.98 Å². The molecule has 3 aliphatic carbocycles. The van der Waals surface area contributed by atoms with Gasteiger partial charge in [0.25, 0.3) is 0 Å². The number of aromatic nitrogens is 2. The molecule has 1 fully saturated rings. The molecule has 4 aliphatic rings. The lowest BCUT2D eigenvalue weighted by Crippen LogP contribution is -2.61.